The van der Waals surface area contributed by atoms with Crippen molar-refractivity contribution in [3.05, 3.63) is 24.0 Å². The van der Waals surface area contributed by atoms with Crippen molar-refractivity contribution in [1.29, 1.82) is 0 Å². The molecule has 1 aliphatic rings. The lowest BCUT2D eigenvalue weighted by atomic mass is 9.78. The Hall–Kier alpha value is -1.93. The maximum atomic E-state index is 12.6. The van der Waals surface area contributed by atoms with Gasteiger partial charge in [-0.15, -0.1) is 0 Å². The highest BCUT2D eigenvalue weighted by atomic mass is 32.2. The van der Waals surface area contributed by atoms with Gasteiger partial charge in [-0.05, 0) is 43.4 Å². The maximum Gasteiger partial charge on any atom is 0.242 e. The number of rotatable bonds is 7. The third-order valence-electron chi connectivity index (χ3n) is 6.52. The van der Waals surface area contributed by atoms with E-state index >= 15 is 0 Å². The van der Waals surface area contributed by atoms with Crippen LogP contribution >= 0.6 is 0 Å². The molecule has 1 amide bonds. The first-order valence-corrected chi connectivity index (χ1v) is 12.3. The summed E-state index contributed by atoms with van der Waals surface area (Å²) in [6.07, 6.45) is 4.36. The molecular formula is C22H34N4O3S. The van der Waals surface area contributed by atoms with Crippen LogP contribution < -0.4 is 5.32 Å². The number of hydrogen-bond donors (Lipinski definition) is 1. The zero-order valence-corrected chi connectivity index (χ0v) is 19.5. The van der Waals surface area contributed by atoms with Gasteiger partial charge < -0.3 is 9.88 Å². The molecule has 0 aliphatic heterocycles. The third-order valence-corrected chi connectivity index (χ3v) is 8.33. The molecule has 3 atom stereocenters. The van der Waals surface area contributed by atoms with Gasteiger partial charge in [-0.1, -0.05) is 26.7 Å². The summed E-state index contributed by atoms with van der Waals surface area (Å²) < 4.78 is 28.1. The molecule has 1 fully saturated rings. The van der Waals surface area contributed by atoms with Crippen LogP contribution in [0.5, 0.6) is 0 Å². The Balaban J connectivity index is 1.75. The zero-order valence-electron chi connectivity index (χ0n) is 18.7. The number of sulfonamides is 1. The molecule has 1 aromatic carbocycles. The molecule has 1 aliphatic carbocycles. The highest BCUT2D eigenvalue weighted by Gasteiger charge is 2.28. The number of carbonyl (C=O) groups is 1. The van der Waals surface area contributed by atoms with E-state index < -0.39 is 10.0 Å². The van der Waals surface area contributed by atoms with Crippen molar-refractivity contribution in [2.75, 3.05) is 14.1 Å². The van der Waals surface area contributed by atoms with Crippen LogP contribution in [0.4, 0.5) is 0 Å². The summed E-state index contributed by atoms with van der Waals surface area (Å²) in [5.41, 5.74) is 1.53. The topological polar surface area (TPSA) is 84.3 Å². The summed E-state index contributed by atoms with van der Waals surface area (Å²) in [7, 11) is -0.479. The van der Waals surface area contributed by atoms with Crippen LogP contribution in [0.3, 0.4) is 0 Å². The molecule has 3 rings (SSSR count). The fraction of sp³-hybridized carbons (Fsp3) is 0.636. The van der Waals surface area contributed by atoms with Crippen molar-refractivity contribution >= 4 is 27.0 Å². The average molecular weight is 435 g/mol. The van der Waals surface area contributed by atoms with Crippen molar-refractivity contribution in [2.45, 2.75) is 70.4 Å². The minimum absolute atomic E-state index is 0.0616. The molecular weight excluding hydrogens is 400 g/mol. The number of nitrogens with zero attached hydrogens (tertiary/aromatic N) is 3. The molecule has 0 saturated heterocycles. The molecule has 1 aromatic heterocycles. The van der Waals surface area contributed by atoms with Crippen LogP contribution in [-0.2, 0) is 27.8 Å². The molecule has 0 bridgehead atoms. The first-order valence-electron chi connectivity index (χ1n) is 10.9. The van der Waals surface area contributed by atoms with Crippen molar-refractivity contribution in [1.82, 2.24) is 19.2 Å². The third kappa shape index (κ3) is 4.54. The number of aryl methyl sites for hydroxylation is 2. The second kappa shape index (κ2) is 9.06. The van der Waals surface area contributed by atoms with Crippen LogP contribution in [0.2, 0.25) is 0 Å². The quantitative estimate of drug-likeness (QED) is 0.725. The number of nitrogens with one attached hydrogen (secondary N) is 1. The molecule has 0 spiro atoms. The molecule has 1 saturated carbocycles. The smallest absolute Gasteiger partial charge is 0.242 e. The number of hydrogen-bond acceptors (Lipinski definition) is 4. The predicted octanol–water partition coefficient (Wildman–Crippen LogP) is 3.18. The fourth-order valence-corrected chi connectivity index (χ4v) is 5.29. The van der Waals surface area contributed by atoms with E-state index in [9.17, 15) is 13.2 Å². The first-order chi connectivity index (χ1) is 14.1. The molecule has 1 N–H and O–H groups in total. The number of aromatic nitrogens is 2. The number of benzene rings is 1. The normalized spacial score (nSPS) is 22.5. The number of carbonyl (C=O) groups excluding carboxylic acids is 1. The van der Waals surface area contributed by atoms with Crippen molar-refractivity contribution in [2.24, 2.45) is 11.8 Å². The first kappa shape index (κ1) is 22.7. The van der Waals surface area contributed by atoms with Gasteiger partial charge in [0.2, 0.25) is 15.9 Å². The van der Waals surface area contributed by atoms with Crippen molar-refractivity contribution < 1.29 is 13.2 Å². The van der Waals surface area contributed by atoms with Gasteiger partial charge in [0.15, 0.2) is 0 Å². The summed E-state index contributed by atoms with van der Waals surface area (Å²) >= 11 is 0. The molecule has 0 unspecified atom stereocenters. The van der Waals surface area contributed by atoms with Gasteiger partial charge in [0.05, 0.1) is 15.9 Å². The SMILES string of the molecule is CCn1c(CCC(=O)N[C@@H]2CCC[C@H](C)[C@@H]2C)nc2cc(S(=O)(=O)N(C)C)ccc21. The summed E-state index contributed by atoms with van der Waals surface area (Å²) in [4.78, 5) is 17.5. The minimum atomic E-state index is -3.51. The Labute approximate surface area is 179 Å². The Morgan fingerprint density at radius 1 is 1.27 bits per heavy atom. The fourth-order valence-electron chi connectivity index (χ4n) is 4.36. The largest absolute Gasteiger partial charge is 0.353 e. The Morgan fingerprint density at radius 2 is 2.00 bits per heavy atom. The number of amides is 1. The van der Waals surface area contributed by atoms with Crippen molar-refractivity contribution in [3.8, 4) is 0 Å². The highest BCUT2D eigenvalue weighted by Crippen LogP contribution is 2.29. The average Bonchev–Trinajstić information content (AvgIpc) is 3.06. The van der Waals surface area contributed by atoms with Crippen LogP contribution in [0, 0.1) is 11.8 Å². The summed E-state index contributed by atoms with van der Waals surface area (Å²) in [5, 5.41) is 3.22. The molecule has 7 nitrogen and oxygen atoms in total. The molecule has 30 heavy (non-hydrogen) atoms. The Morgan fingerprint density at radius 3 is 2.67 bits per heavy atom. The number of imidazole rings is 1. The van der Waals surface area contributed by atoms with Gasteiger partial charge in [0.1, 0.15) is 5.82 Å². The van der Waals surface area contributed by atoms with Gasteiger partial charge in [0, 0.05) is 39.5 Å². The van der Waals surface area contributed by atoms with Crippen LogP contribution in [0.25, 0.3) is 11.0 Å². The second-order valence-corrected chi connectivity index (χ2v) is 10.8. The van der Waals surface area contributed by atoms with Crippen molar-refractivity contribution in [3.63, 3.8) is 0 Å². The maximum absolute atomic E-state index is 12.6. The lowest BCUT2D eigenvalue weighted by molar-refractivity contribution is -0.122. The number of fused-ring (bicyclic) bond motifs is 1. The summed E-state index contributed by atoms with van der Waals surface area (Å²) in [6.45, 7) is 7.23. The molecule has 1 heterocycles. The van der Waals surface area contributed by atoms with E-state index in [1.54, 1.807) is 18.2 Å². The second-order valence-electron chi connectivity index (χ2n) is 8.65. The Bertz CT molecular complexity index is 1010. The van der Waals surface area contributed by atoms with E-state index in [1.165, 1.54) is 31.2 Å². The van der Waals surface area contributed by atoms with E-state index in [-0.39, 0.29) is 16.8 Å². The van der Waals surface area contributed by atoms with Crippen LogP contribution in [0.15, 0.2) is 23.1 Å². The Kier molecular flexibility index (Phi) is 6.87. The molecule has 8 heteroatoms. The van der Waals surface area contributed by atoms with Gasteiger partial charge >= 0.3 is 0 Å². The molecule has 166 valence electrons. The minimum Gasteiger partial charge on any atom is -0.353 e. The van der Waals surface area contributed by atoms with Gasteiger partial charge in [0.25, 0.3) is 0 Å². The van der Waals surface area contributed by atoms with Gasteiger partial charge in [-0.25, -0.2) is 17.7 Å². The monoisotopic (exact) mass is 434 g/mol. The highest BCUT2D eigenvalue weighted by molar-refractivity contribution is 7.89. The summed E-state index contributed by atoms with van der Waals surface area (Å²) in [6, 6.07) is 5.29. The molecule has 0 radical (unpaired) electrons. The van der Waals surface area contributed by atoms with Gasteiger partial charge in [-0.2, -0.15) is 0 Å². The van der Waals surface area contributed by atoms with E-state index in [0.717, 1.165) is 17.8 Å². The van der Waals surface area contributed by atoms with E-state index in [1.807, 2.05) is 6.92 Å². The van der Waals surface area contributed by atoms with E-state index in [2.05, 4.69) is 28.7 Å². The molecule has 2 aromatic rings. The summed E-state index contributed by atoms with van der Waals surface area (Å²) in [5.74, 6) is 2.01. The lowest BCUT2D eigenvalue weighted by Gasteiger charge is -2.34. The van der Waals surface area contributed by atoms with Crippen LogP contribution in [0.1, 0.15) is 52.3 Å². The van der Waals surface area contributed by atoms with Gasteiger partial charge in [-0.3, -0.25) is 4.79 Å². The van der Waals surface area contributed by atoms with E-state index in [0.29, 0.717) is 36.7 Å². The standard InChI is InChI=1S/C22H34N4O3S/c1-6-26-20-11-10-17(30(28,29)25(4)5)14-19(20)23-21(26)12-13-22(27)24-18-9-7-8-15(2)16(18)3/h10-11,14-16,18H,6-9,12-13H2,1-5H3,(H,24,27)/t15-,16-,18+/m0/s1. The van der Waals surface area contributed by atoms with E-state index in [4.69, 9.17) is 0 Å². The zero-order chi connectivity index (χ0) is 22.1. The lowest BCUT2D eigenvalue weighted by Crippen LogP contribution is -2.43. The predicted molar refractivity (Wildman–Crippen MR) is 119 cm³/mol. The van der Waals surface area contributed by atoms with Crippen LogP contribution in [-0.4, -0.2) is 48.3 Å².